The minimum absolute atomic E-state index is 0.181. The molecule has 0 bridgehead atoms. The molecule has 2 aromatic carbocycles. The SMILES string of the molecule is CCCCc1c(C)c(=O)n(Cc2ccccc2)c(=O)n1Cc1ccccc1. The third kappa shape index (κ3) is 4.27. The number of hydrogen-bond donors (Lipinski definition) is 0. The Morgan fingerprint density at radius 2 is 1.30 bits per heavy atom. The zero-order valence-electron chi connectivity index (χ0n) is 16.0. The van der Waals surface area contributed by atoms with Gasteiger partial charge in [-0.2, -0.15) is 0 Å². The van der Waals surface area contributed by atoms with Gasteiger partial charge in [0.15, 0.2) is 0 Å². The molecule has 0 spiro atoms. The molecular formula is C23H26N2O2. The van der Waals surface area contributed by atoms with Gasteiger partial charge in [-0.1, -0.05) is 74.0 Å². The van der Waals surface area contributed by atoms with Crippen molar-refractivity contribution in [1.29, 1.82) is 0 Å². The van der Waals surface area contributed by atoms with E-state index < -0.39 is 0 Å². The number of hydrogen-bond acceptors (Lipinski definition) is 2. The summed E-state index contributed by atoms with van der Waals surface area (Å²) < 4.78 is 3.15. The highest BCUT2D eigenvalue weighted by molar-refractivity contribution is 5.22. The molecule has 0 amide bonds. The van der Waals surface area contributed by atoms with Crippen molar-refractivity contribution in [3.8, 4) is 0 Å². The van der Waals surface area contributed by atoms with Crippen molar-refractivity contribution in [2.75, 3.05) is 0 Å². The summed E-state index contributed by atoms with van der Waals surface area (Å²) in [6.45, 7) is 4.73. The Balaban J connectivity index is 2.12. The van der Waals surface area contributed by atoms with Gasteiger partial charge >= 0.3 is 5.69 Å². The average Bonchev–Trinajstić information content (AvgIpc) is 2.71. The molecule has 140 valence electrons. The lowest BCUT2D eigenvalue weighted by Gasteiger charge is -2.18. The number of unbranched alkanes of at least 4 members (excludes halogenated alkanes) is 1. The normalized spacial score (nSPS) is 10.9. The van der Waals surface area contributed by atoms with E-state index in [1.54, 1.807) is 4.57 Å². The van der Waals surface area contributed by atoms with Gasteiger partial charge in [0.1, 0.15) is 0 Å². The van der Waals surface area contributed by atoms with Gasteiger partial charge in [0, 0.05) is 11.3 Å². The minimum atomic E-state index is -0.232. The Labute approximate surface area is 159 Å². The minimum Gasteiger partial charge on any atom is -0.293 e. The van der Waals surface area contributed by atoms with E-state index in [9.17, 15) is 9.59 Å². The van der Waals surface area contributed by atoms with Crippen LogP contribution in [0.3, 0.4) is 0 Å². The third-order valence-corrected chi connectivity index (χ3v) is 4.92. The first kappa shape index (κ1) is 18.9. The van der Waals surface area contributed by atoms with Crippen LogP contribution in [0, 0.1) is 6.92 Å². The Morgan fingerprint density at radius 3 is 1.81 bits per heavy atom. The van der Waals surface area contributed by atoms with Crippen molar-refractivity contribution in [2.24, 2.45) is 0 Å². The molecule has 0 atom stereocenters. The summed E-state index contributed by atoms with van der Waals surface area (Å²) in [4.78, 5) is 26.2. The van der Waals surface area contributed by atoms with E-state index in [0.29, 0.717) is 18.7 Å². The summed E-state index contributed by atoms with van der Waals surface area (Å²) in [6.07, 6.45) is 2.72. The molecule has 0 saturated carbocycles. The number of rotatable bonds is 7. The van der Waals surface area contributed by atoms with Crippen molar-refractivity contribution in [3.63, 3.8) is 0 Å². The van der Waals surface area contributed by atoms with E-state index >= 15 is 0 Å². The molecule has 0 aliphatic rings. The van der Waals surface area contributed by atoms with Gasteiger partial charge in [-0.3, -0.25) is 13.9 Å². The van der Waals surface area contributed by atoms with Crippen LogP contribution in [0.1, 0.15) is 42.1 Å². The second-order valence-corrected chi connectivity index (χ2v) is 6.91. The predicted octanol–water partition coefficient (Wildman–Crippen LogP) is 3.76. The number of aromatic nitrogens is 2. The molecule has 0 saturated heterocycles. The fraction of sp³-hybridized carbons (Fsp3) is 0.304. The highest BCUT2D eigenvalue weighted by atomic mass is 16.2. The smallest absolute Gasteiger partial charge is 0.293 e. The zero-order valence-corrected chi connectivity index (χ0v) is 16.0. The second-order valence-electron chi connectivity index (χ2n) is 6.91. The quantitative estimate of drug-likeness (QED) is 0.642. The molecule has 27 heavy (non-hydrogen) atoms. The molecule has 4 nitrogen and oxygen atoms in total. The maximum absolute atomic E-state index is 13.3. The summed E-state index contributed by atoms with van der Waals surface area (Å²) in [5.41, 5.74) is 3.13. The molecule has 0 radical (unpaired) electrons. The van der Waals surface area contributed by atoms with Gasteiger partial charge < -0.3 is 0 Å². The molecule has 0 N–H and O–H groups in total. The van der Waals surface area contributed by atoms with Crippen LogP contribution in [0.4, 0.5) is 0 Å². The van der Waals surface area contributed by atoms with Gasteiger partial charge in [-0.25, -0.2) is 4.79 Å². The monoisotopic (exact) mass is 362 g/mol. The van der Waals surface area contributed by atoms with E-state index in [1.807, 2.05) is 67.6 Å². The molecule has 3 aromatic rings. The fourth-order valence-electron chi connectivity index (χ4n) is 3.38. The maximum atomic E-state index is 13.3. The van der Waals surface area contributed by atoms with Gasteiger partial charge in [0.2, 0.25) is 0 Å². The molecule has 0 unspecified atom stereocenters. The van der Waals surface area contributed by atoms with Crippen LogP contribution in [0.25, 0.3) is 0 Å². The van der Waals surface area contributed by atoms with Crippen LogP contribution in [-0.4, -0.2) is 9.13 Å². The first-order chi connectivity index (χ1) is 13.1. The summed E-state index contributed by atoms with van der Waals surface area (Å²) in [5.74, 6) is 0. The van der Waals surface area contributed by atoms with Crippen LogP contribution in [0.2, 0.25) is 0 Å². The van der Waals surface area contributed by atoms with E-state index in [1.165, 1.54) is 4.57 Å². The summed E-state index contributed by atoms with van der Waals surface area (Å²) >= 11 is 0. The zero-order chi connectivity index (χ0) is 19.2. The summed E-state index contributed by atoms with van der Waals surface area (Å²) in [5, 5.41) is 0. The maximum Gasteiger partial charge on any atom is 0.331 e. The van der Waals surface area contributed by atoms with Crippen molar-refractivity contribution in [1.82, 2.24) is 9.13 Å². The van der Waals surface area contributed by atoms with Crippen LogP contribution < -0.4 is 11.2 Å². The molecule has 3 rings (SSSR count). The molecule has 0 fully saturated rings. The summed E-state index contributed by atoms with van der Waals surface area (Å²) in [7, 11) is 0. The first-order valence-electron chi connectivity index (χ1n) is 9.52. The van der Waals surface area contributed by atoms with Crippen molar-refractivity contribution < 1.29 is 0 Å². The van der Waals surface area contributed by atoms with Crippen molar-refractivity contribution in [3.05, 3.63) is 104 Å². The van der Waals surface area contributed by atoms with Crippen LogP contribution >= 0.6 is 0 Å². The third-order valence-electron chi connectivity index (χ3n) is 4.92. The largest absolute Gasteiger partial charge is 0.331 e. The Bertz CT molecular complexity index is 1000. The highest BCUT2D eigenvalue weighted by Gasteiger charge is 2.16. The Morgan fingerprint density at radius 1 is 0.778 bits per heavy atom. The molecule has 1 aromatic heterocycles. The van der Waals surface area contributed by atoms with Crippen molar-refractivity contribution >= 4 is 0 Å². The molecule has 1 heterocycles. The van der Waals surface area contributed by atoms with Crippen LogP contribution in [0.5, 0.6) is 0 Å². The number of benzene rings is 2. The molecular weight excluding hydrogens is 336 g/mol. The number of nitrogens with zero attached hydrogens (tertiary/aromatic N) is 2. The second kappa shape index (κ2) is 8.67. The van der Waals surface area contributed by atoms with Gasteiger partial charge in [-0.15, -0.1) is 0 Å². The average molecular weight is 362 g/mol. The molecule has 0 aliphatic carbocycles. The van der Waals surface area contributed by atoms with E-state index in [4.69, 9.17) is 0 Å². The molecule has 4 heteroatoms. The predicted molar refractivity (Wildman–Crippen MR) is 109 cm³/mol. The summed E-state index contributed by atoms with van der Waals surface area (Å²) in [6, 6.07) is 19.6. The van der Waals surface area contributed by atoms with E-state index in [-0.39, 0.29) is 11.2 Å². The van der Waals surface area contributed by atoms with Gasteiger partial charge in [0.05, 0.1) is 13.1 Å². The lowest BCUT2D eigenvalue weighted by molar-refractivity contribution is 0.569. The topological polar surface area (TPSA) is 44.0 Å². The standard InChI is InChI=1S/C23H26N2O2/c1-3-4-15-21-18(2)22(26)25(17-20-13-9-6-10-14-20)23(27)24(21)16-19-11-7-5-8-12-19/h5-14H,3-4,15-17H2,1-2H3. The van der Waals surface area contributed by atoms with Crippen molar-refractivity contribution in [2.45, 2.75) is 46.2 Å². The van der Waals surface area contributed by atoms with Crippen LogP contribution in [0.15, 0.2) is 70.3 Å². The van der Waals surface area contributed by atoms with Gasteiger partial charge in [-0.05, 0) is 30.9 Å². The van der Waals surface area contributed by atoms with Gasteiger partial charge in [0.25, 0.3) is 5.56 Å². The van der Waals surface area contributed by atoms with E-state index in [2.05, 4.69) is 6.92 Å². The fourth-order valence-corrected chi connectivity index (χ4v) is 3.38. The first-order valence-corrected chi connectivity index (χ1v) is 9.52. The van der Waals surface area contributed by atoms with E-state index in [0.717, 1.165) is 36.1 Å². The Hall–Kier alpha value is -2.88. The highest BCUT2D eigenvalue weighted by Crippen LogP contribution is 2.10. The Kier molecular flexibility index (Phi) is 6.07. The van der Waals surface area contributed by atoms with Crippen LogP contribution in [-0.2, 0) is 19.5 Å². The lowest BCUT2D eigenvalue weighted by atomic mass is 10.1. The molecule has 0 aliphatic heterocycles. The lowest BCUT2D eigenvalue weighted by Crippen LogP contribution is -2.43.